The molecule has 0 spiro atoms. The van der Waals surface area contributed by atoms with E-state index in [1.807, 2.05) is 7.05 Å². The fraction of sp³-hybridized carbons (Fsp3) is 0.625. The highest BCUT2D eigenvalue weighted by Gasteiger charge is 2.28. The molecule has 8 heteroatoms. The van der Waals surface area contributed by atoms with Gasteiger partial charge in [0.1, 0.15) is 16.6 Å². The van der Waals surface area contributed by atoms with Crippen molar-refractivity contribution in [2.45, 2.75) is 43.5 Å². The van der Waals surface area contributed by atoms with Crippen molar-refractivity contribution in [3.05, 3.63) is 17.6 Å². The van der Waals surface area contributed by atoms with Crippen molar-refractivity contribution in [2.24, 2.45) is 0 Å². The van der Waals surface area contributed by atoms with Crippen LogP contribution in [0.2, 0.25) is 0 Å². The highest BCUT2D eigenvalue weighted by atomic mass is 32.2. The first-order valence-corrected chi connectivity index (χ1v) is 8.93. The van der Waals surface area contributed by atoms with Gasteiger partial charge in [-0.2, -0.15) is 0 Å². The van der Waals surface area contributed by atoms with E-state index < -0.39 is 17.2 Å². The number of esters is 2. The van der Waals surface area contributed by atoms with Crippen molar-refractivity contribution in [2.75, 3.05) is 26.8 Å². The molecule has 0 aliphatic carbocycles. The van der Waals surface area contributed by atoms with Crippen LogP contribution in [-0.4, -0.2) is 58.9 Å². The summed E-state index contributed by atoms with van der Waals surface area (Å²) >= 11 is 1.25. The fourth-order valence-electron chi connectivity index (χ4n) is 2.47. The van der Waals surface area contributed by atoms with Crippen molar-refractivity contribution in [1.82, 2.24) is 14.9 Å². The third-order valence-corrected chi connectivity index (χ3v) is 4.83. The van der Waals surface area contributed by atoms with Gasteiger partial charge in [0, 0.05) is 25.1 Å². The van der Waals surface area contributed by atoms with Gasteiger partial charge in [-0.3, -0.25) is 9.59 Å². The predicted octanol–water partition coefficient (Wildman–Crippen LogP) is 1.44. The molecule has 2 rings (SSSR count). The standard InChI is InChI=1S/C16H23N3O4S/c1-4-22-14(20)8-13(16(21)23-5-2)24-15-11-9-19(3)7-6-12(11)17-10-18-15/h10,13H,4-9H2,1-3H3/t13-/m1/s1. The molecule has 132 valence electrons. The number of hydrogen-bond acceptors (Lipinski definition) is 8. The van der Waals surface area contributed by atoms with Crippen LogP contribution in [0.4, 0.5) is 0 Å². The largest absolute Gasteiger partial charge is 0.466 e. The molecule has 2 heterocycles. The fourth-order valence-corrected chi connectivity index (χ4v) is 3.55. The van der Waals surface area contributed by atoms with Crippen LogP contribution < -0.4 is 0 Å². The Balaban J connectivity index is 2.19. The lowest BCUT2D eigenvalue weighted by molar-refractivity contribution is -0.149. The van der Waals surface area contributed by atoms with Crippen LogP contribution in [-0.2, 0) is 32.0 Å². The summed E-state index contributed by atoms with van der Waals surface area (Å²) in [6.07, 6.45) is 2.33. The molecule has 0 fully saturated rings. The molecular weight excluding hydrogens is 330 g/mol. The number of likely N-dealkylation sites (N-methyl/N-ethyl adjacent to an activating group) is 1. The van der Waals surface area contributed by atoms with Crippen molar-refractivity contribution >= 4 is 23.7 Å². The van der Waals surface area contributed by atoms with Crippen molar-refractivity contribution in [1.29, 1.82) is 0 Å². The first-order chi connectivity index (χ1) is 11.5. The van der Waals surface area contributed by atoms with Gasteiger partial charge in [-0.25, -0.2) is 9.97 Å². The molecule has 1 aliphatic heterocycles. The highest BCUT2D eigenvalue weighted by molar-refractivity contribution is 8.00. The maximum absolute atomic E-state index is 12.2. The van der Waals surface area contributed by atoms with Crippen LogP contribution in [0.25, 0.3) is 0 Å². The summed E-state index contributed by atoms with van der Waals surface area (Å²) in [6.45, 7) is 5.70. The van der Waals surface area contributed by atoms with Crippen molar-refractivity contribution in [3.8, 4) is 0 Å². The van der Waals surface area contributed by atoms with Gasteiger partial charge in [0.05, 0.1) is 25.3 Å². The van der Waals surface area contributed by atoms with Crippen LogP contribution in [0.5, 0.6) is 0 Å². The number of nitrogens with zero attached hydrogens (tertiary/aromatic N) is 3. The molecule has 0 saturated carbocycles. The zero-order valence-electron chi connectivity index (χ0n) is 14.3. The van der Waals surface area contributed by atoms with Gasteiger partial charge in [0.25, 0.3) is 0 Å². The van der Waals surface area contributed by atoms with Crippen LogP contribution in [0.1, 0.15) is 31.5 Å². The number of carbonyl (C=O) groups excluding carboxylic acids is 2. The summed E-state index contributed by atoms with van der Waals surface area (Å²) < 4.78 is 10.1. The molecule has 1 atom stereocenters. The number of fused-ring (bicyclic) bond motifs is 1. The van der Waals surface area contributed by atoms with Crippen molar-refractivity contribution in [3.63, 3.8) is 0 Å². The quantitative estimate of drug-likeness (QED) is 0.414. The molecule has 0 aromatic carbocycles. The summed E-state index contributed by atoms with van der Waals surface area (Å²) in [5, 5.41) is 0.0594. The number of hydrogen-bond donors (Lipinski definition) is 0. The van der Waals surface area contributed by atoms with Gasteiger partial charge in [-0.05, 0) is 20.9 Å². The minimum Gasteiger partial charge on any atom is -0.466 e. The van der Waals surface area contributed by atoms with E-state index in [9.17, 15) is 9.59 Å². The second kappa shape index (κ2) is 8.98. The molecule has 1 aliphatic rings. The Morgan fingerprint density at radius 3 is 2.75 bits per heavy atom. The predicted molar refractivity (Wildman–Crippen MR) is 89.6 cm³/mol. The molecule has 0 bridgehead atoms. The first kappa shape index (κ1) is 18.7. The molecule has 0 N–H and O–H groups in total. The van der Waals surface area contributed by atoms with E-state index in [-0.39, 0.29) is 19.6 Å². The zero-order chi connectivity index (χ0) is 17.5. The summed E-state index contributed by atoms with van der Waals surface area (Å²) in [7, 11) is 2.03. The SMILES string of the molecule is CCOC(=O)C[C@@H](Sc1ncnc2c1CN(C)CC2)C(=O)OCC. The molecule has 1 aromatic heterocycles. The zero-order valence-corrected chi connectivity index (χ0v) is 15.1. The van der Waals surface area contributed by atoms with E-state index in [4.69, 9.17) is 9.47 Å². The van der Waals surface area contributed by atoms with Gasteiger partial charge in [-0.15, -0.1) is 0 Å². The minimum atomic E-state index is -0.671. The maximum atomic E-state index is 12.2. The highest BCUT2D eigenvalue weighted by Crippen LogP contribution is 2.31. The Bertz CT molecular complexity index is 597. The summed E-state index contributed by atoms with van der Waals surface area (Å²) in [4.78, 5) is 34.9. The third kappa shape index (κ3) is 4.91. The van der Waals surface area contributed by atoms with Gasteiger partial charge >= 0.3 is 11.9 Å². The van der Waals surface area contributed by atoms with Gasteiger partial charge in [-0.1, -0.05) is 11.8 Å². The maximum Gasteiger partial charge on any atom is 0.320 e. The first-order valence-electron chi connectivity index (χ1n) is 8.05. The Morgan fingerprint density at radius 2 is 2.04 bits per heavy atom. The average molecular weight is 353 g/mol. The number of ether oxygens (including phenoxy) is 2. The molecule has 24 heavy (non-hydrogen) atoms. The Labute approximate surface area is 146 Å². The lowest BCUT2D eigenvalue weighted by Crippen LogP contribution is -2.29. The van der Waals surface area contributed by atoms with Gasteiger partial charge < -0.3 is 14.4 Å². The lowest BCUT2D eigenvalue weighted by atomic mass is 10.1. The van der Waals surface area contributed by atoms with Crippen molar-refractivity contribution < 1.29 is 19.1 Å². The van der Waals surface area contributed by atoms with E-state index in [2.05, 4.69) is 14.9 Å². The van der Waals surface area contributed by atoms with Gasteiger partial charge in [0.15, 0.2) is 0 Å². The average Bonchev–Trinajstić information content (AvgIpc) is 2.55. The molecule has 0 amide bonds. The summed E-state index contributed by atoms with van der Waals surface area (Å²) in [5.41, 5.74) is 2.03. The molecule has 0 unspecified atom stereocenters. The minimum absolute atomic E-state index is 0.0358. The van der Waals surface area contributed by atoms with E-state index in [1.165, 1.54) is 18.1 Å². The Hall–Kier alpha value is -1.67. The van der Waals surface area contributed by atoms with Crippen LogP contribution in [0, 0.1) is 0 Å². The summed E-state index contributed by atoms with van der Waals surface area (Å²) in [6, 6.07) is 0. The van der Waals surface area contributed by atoms with E-state index >= 15 is 0 Å². The van der Waals surface area contributed by atoms with Crippen LogP contribution >= 0.6 is 11.8 Å². The Morgan fingerprint density at radius 1 is 1.29 bits per heavy atom. The number of thioether (sulfide) groups is 1. The van der Waals surface area contributed by atoms with E-state index in [0.717, 1.165) is 35.8 Å². The van der Waals surface area contributed by atoms with E-state index in [0.29, 0.717) is 0 Å². The second-order valence-corrected chi connectivity index (χ2v) is 6.65. The lowest BCUT2D eigenvalue weighted by Gasteiger charge is -2.26. The van der Waals surface area contributed by atoms with Gasteiger partial charge in [0.2, 0.25) is 0 Å². The second-order valence-electron chi connectivity index (χ2n) is 5.46. The molecule has 7 nitrogen and oxygen atoms in total. The Kier molecular flexibility index (Phi) is 6.99. The monoisotopic (exact) mass is 353 g/mol. The van der Waals surface area contributed by atoms with Crippen LogP contribution in [0.3, 0.4) is 0 Å². The molecular formula is C16H23N3O4S. The van der Waals surface area contributed by atoms with E-state index in [1.54, 1.807) is 13.8 Å². The summed E-state index contributed by atoms with van der Waals surface area (Å²) in [5.74, 6) is -0.838. The molecule has 0 radical (unpaired) electrons. The number of carbonyl (C=O) groups is 2. The topological polar surface area (TPSA) is 81.6 Å². The molecule has 1 aromatic rings. The van der Waals surface area contributed by atoms with Crippen LogP contribution in [0.15, 0.2) is 11.4 Å². The molecule has 0 saturated heterocycles. The number of rotatable bonds is 7. The number of aromatic nitrogens is 2. The normalized spacial score (nSPS) is 15.5. The third-order valence-electron chi connectivity index (χ3n) is 3.61. The smallest absolute Gasteiger partial charge is 0.320 e.